The second kappa shape index (κ2) is 8.80. The van der Waals surface area contributed by atoms with Crippen LogP contribution in [0.5, 0.6) is 0 Å². The van der Waals surface area contributed by atoms with Crippen molar-refractivity contribution in [1.29, 1.82) is 0 Å². The quantitative estimate of drug-likeness (QED) is 0.587. The first-order valence-electron chi connectivity index (χ1n) is 8.88. The van der Waals surface area contributed by atoms with Gasteiger partial charge in [0.1, 0.15) is 0 Å². The first kappa shape index (κ1) is 19.1. The minimum absolute atomic E-state index is 0.306. The number of benzene rings is 3. The van der Waals surface area contributed by atoms with Crippen LogP contribution < -0.4 is 0 Å². The topological polar surface area (TPSA) is 37.4 Å². The summed E-state index contributed by atoms with van der Waals surface area (Å²) in [6, 6.07) is 26.5. The molecule has 0 aromatic heterocycles. The lowest BCUT2D eigenvalue weighted by Gasteiger charge is -2.21. The maximum absolute atomic E-state index is 13.2. The maximum Gasteiger partial charge on any atom is 0.243 e. The lowest BCUT2D eigenvalue weighted by atomic mass is 10.2. The average Bonchev–Trinajstić information content (AvgIpc) is 2.69. The highest BCUT2D eigenvalue weighted by Gasteiger charge is 2.23. The van der Waals surface area contributed by atoms with Crippen LogP contribution in [-0.2, 0) is 16.6 Å². The van der Waals surface area contributed by atoms with Crippen LogP contribution in [-0.4, -0.2) is 19.3 Å². The summed E-state index contributed by atoms with van der Waals surface area (Å²) in [5.74, 6) is 0. The van der Waals surface area contributed by atoms with Gasteiger partial charge in [-0.15, -0.1) is 0 Å². The van der Waals surface area contributed by atoms with E-state index < -0.39 is 10.0 Å². The van der Waals surface area contributed by atoms with Gasteiger partial charge in [-0.3, -0.25) is 0 Å². The van der Waals surface area contributed by atoms with Crippen molar-refractivity contribution in [3.05, 3.63) is 108 Å². The van der Waals surface area contributed by atoms with E-state index in [4.69, 9.17) is 0 Å². The highest BCUT2D eigenvalue weighted by Crippen LogP contribution is 2.19. The number of hydrogen-bond acceptors (Lipinski definition) is 2. The summed E-state index contributed by atoms with van der Waals surface area (Å²) >= 11 is 0. The van der Waals surface area contributed by atoms with E-state index in [1.807, 2.05) is 91.9 Å². The smallest absolute Gasteiger partial charge is 0.207 e. The number of sulfonamides is 1. The van der Waals surface area contributed by atoms with Crippen LogP contribution in [0.2, 0.25) is 0 Å². The van der Waals surface area contributed by atoms with Crippen molar-refractivity contribution in [3.8, 4) is 0 Å². The Balaban J connectivity index is 1.86. The molecule has 0 saturated heterocycles. The largest absolute Gasteiger partial charge is 0.243 e. The van der Waals surface area contributed by atoms with E-state index >= 15 is 0 Å². The zero-order valence-electron chi connectivity index (χ0n) is 15.3. The molecule has 0 fully saturated rings. The van der Waals surface area contributed by atoms with Crippen molar-refractivity contribution in [3.63, 3.8) is 0 Å². The molecule has 0 aliphatic heterocycles. The van der Waals surface area contributed by atoms with Crippen molar-refractivity contribution in [1.82, 2.24) is 4.31 Å². The highest BCUT2D eigenvalue weighted by molar-refractivity contribution is 7.89. The number of aryl methyl sites for hydroxylation is 1. The van der Waals surface area contributed by atoms with Gasteiger partial charge < -0.3 is 0 Å². The Morgan fingerprint density at radius 3 is 2.04 bits per heavy atom. The standard InChI is InChI=1S/C23H23NO2S/c1-20-14-16-23(17-15-20)27(25,26)24(19-22-11-6-3-7-12-22)18-8-13-21-9-4-2-5-10-21/h2-17H,18-19H2,1H3/b13-8-. The highest BCUT2D eigenvalue weighted by atomic mass is 32.2. The summed E-state index contributed by atoms with van der Waals surface area (Å²) in [7, 11) is -3.59. The Labute approximate surface area is 161 Å². The van der Waals surface area contributed by atoms with E-state index in [-0.39, 0.29) is 0 Å². The lowest BCUT2D eigenvalue weighted by Crippen LogP contribution is -2.30. The average molecular weight is 378 g/mol. The van der Waals surface area contributed by atoms with Gasteiger partial charge in [0.15, 0.2) is 0 Å². The van der Waals surface area contributed by atoms with E-state index in [0.717, 1.165) is 16.7 Å². The molecular weight excluding hydrogens is 354 g/mol. The third-order valence-corrected chi connectivity index (χ3v) is 6.11. The molecular formula is C23H23NO2S. The van der Waals surface area contributed by atoms with Crippen molar-refractivity contribution in [2.75, 3.05) is 6.54 Å². The van der Waals surface area contributed by atoms with E-state index in [1.54, 1.807) is 12.1 Å². The fourth-order valence-corrected chi connectivity index (χ4v) is 4.14. The minimum atomic E-state index is -3.59. The predicted molar refractivity (Wildman–Crippen MR) is 111 cm³/mol. The molecule has 3 aromatic rings. The van der Waals surface area contributed by atoms with Gasteiger partial charge in [0, 0.05) is 13.1 Å². The van der Waals surface area contributed by atoms with E-state index in [2.05, 4.69) is 0 Å². The molecule has 3 aromatic carbocycles. The maximum atomic E-state index is 13.2. The zero-order chi connectivity index (χ0) is 19.1. The molecule has 3 rings (SSSR count). The Kier molecular flexibility index (Phi) is 6.22. The van der Waals surface area contributed by atoms with E-state index in [0.29, 0.717) is 18.0 Å². The van der Waals surface area contributed by atoms with Crippen LogP contribution in [0.4, 0.5) is 0 Å². The monoisotopic (exact) mass is 377 g/mol. The summed E-state index contributed by atoms with van der Waals surface area (Å²) in [6.45, 7) is 2.58. The van der Waals surface area contributed by atoms with Gasteiger partial charge >= 0.3 is 0 Å². The molecule has 0 aliphatic rings. The molecule has 3 nitrogen and oxygen atoms in total. The third-order valence-electron chi connectivity index (χ3n) is 4.28. The molecule has 0 amide bonds. The fourth-order valence-electron chi connectivity index (χ4n) is 2.76. The summed E-state index contributed by atoms with van der Waals surface area (Å²) in [4.78, 5) is 0.317. The number of rotatable bonds is 7. The Morgan fingerprint density at radius 1 is 0.815 bits per heavy atom. The van der Waals surface area contributed by atoms with Crippen LogP contribution in [0.3, 0.4) is 0 Å². The fraction of sp³-hybridized carbons (Fsp3) is 0.130. The second-order valence-electron chi connectivity index (χ2n) is 6.41. The van der Waals surface area contributed by atoms with Crippen LogP contribution in [0.25, 0.3) is 6.08 Å². The summed E-state index contributed by atoms with van der Waals surface area (Å²) in [6.07, 6.45) is 3.84. The molecule has 0 atom stereocenters. The minimum Gasteiger partial charge on any atom is -0.207 e. The van der Waals surface area contributed by atoms with Gasteiger partial charge in [-0.25, -0.2) is 8.42 Å². The summed E-state index contributed by atoms with van der Waals surface area (Å²) in [5.41, 5.74) is 3.04. The summed E-state index contributed by atoms with van der Waals surface area (Å²) in [5, 5.41) is 0. The van der Waals surface area contributed by atoms with Crippen LogP contribution >= 0.6 is 0 Å². The normalized spacial score (nSPS) is 11.9. The van der Waals surface area contributed by atoms with Crippen molar-refractivity contribution in [2.45, 2.75) is 18.4 Å². The number of hydrogen-bond donors (Lipinski definition) is 0. The second-order valence-corrected chi connectivity index (χ2v) is 8.35. The van der Waals surface area contributed by atoms with E-state index in [9.17, 15) is 8.42 Å². The molecule has 0 N–H and O–H groups in total. The Bertz CT molecular complexity index is 980. The lowest BCUT2D eigenvalue weighted by molar-refractivity contribution is 0.438. The molecule has 0 spiro atoms. The Hall–Kier alpha value is -2.69. The van der Waals surface area contributed by atoms with Gasteiger partial charge in [-0.05, 0) is 30.2 Å². The molecule has 0 unspecified atom stereocenters. The molecule has 0 radical (unpaired) electrons. The molecule has 4 heteroatoms. The molecule has 27 heavy (non-hydrogen) atoms. The van der Waals surface area contributed by atoms with Crippen LogP contribution in [0, 0.1) is 6.92 Å². The first-order chi connectivity index (χ1) is 13.1. The van der Waals surface area contributed by atoms with Gasteiger partial charge in [0.25, 0.3) is 0 Å². The molecule has 0 heterocycles. The SMILES string of the molecule is Cc1ccc(S(=O)(=O)N(C/C=C\c2ccccc2)Cc2ccccc2)cc1. The van der Waals surface area contributed by atoms with Crippen LogP contribution in [0.15, 0.2) is 95.9 Å². The van der Waals surface area contributed by atoms with E-state index in [1.165, 1.54) is 4.31 Å². The molecule has 0 aliphatic carbocycles. The zero-order valence-corrected chi connectivity index (χ0v) is 16.1. The summed E-state index contributed by atoms with van der Waals surface area (Å²) < 4.78 is 27.9. The predicted octanol–water partition coefficient (Wildman–Crippen LogP) is 4.90. The van der Waals surface area contributed by atoms with Crippen molar-refractivity contribution >= 4 is 16.1 Å². The van der Waals surface area contributed by atoms with Gasteiger partial charge in [0.2, 0.25) is 10.0 Å². The first-order valence-corrected chi connectivity index (χ1v) is 10.3. The van der Waals surface area contributed by atoms with Gasteiger partial charge in [0.05, 0.1) is 4.90 Å². The van der Waals surface area contributed by atoms with Crippen LogP contribution in [0.1, 0.15) is 16.7 Å². The molecule has 138 valence electrons. The Morgan fingerprint density at radius 2 is 1.41 bits per heavy atom. The molecule has 0 bridgehead atoms. The molecule has 0 saturated carbocycles. The third kappa shape index (κ3) is 5.16. The van der Waals surface area contributed by atoms with Crippen molar-refractivity contribution < 1.29 is 8.42 Å². The van der Waals surface area contributed by atoms with Gasteiger partial charge in [-0.2, -0.15) is 4.31 Å². The van der Waals surface area contributed by atoms with Crippen molar-refractivity contribution in [2.24, 2.45) is 0 Å². The van der Waals surface area contributed by atoms with Gasteiger partial charge in [-0.1, -0.05) is 90.5 Å². The number of nitrogens with zero attached hydrogens (tertiary/aromatic N) is 1.